The SMILES string of the molecule is COc1cccc(C(=O)N2CCC[C@@H]2C(=O)N2CCCC(c3nc4ccncc4[nH]3)C2)c1. The third-order valence-corrected chi connectivity index (χ3v) is 6.54. The highest BCUT2D eigenvalue weighted by Crippen LogP contribution is 2.29. The maximum atomic E-state index is 13.5. The maximum Gasteiger partial charge on any atom is 0.254 e. The minimum absolute atomic E-state index is 0.0428. The maximum absolute atomic E-state index is 13.5. The van der Waals surface area contributed by atoms with E-state index in [0.717, 1.165) is 42.7 Å². The zero-order valence-corrected chi connectivity index (χ0v) is 18.2. The van der Waals surface area contributed by atoms with Gasteiger partial charge in [-0.1, -0.05) is 6.07 Å². The average molecular weight is 434 g/mol. The minimum atomic E-state index is -0.410. The highest BCUT2D eigenvalue weighted by atomic mass is 16.5. The number of fused-ring (bicyclic) bond motifs is 1. The molecular weight excluding hydrogens is 406 g/mol. The molecule has 8 heteroatoms. The van der Waals surface area contributed by atoms with Gasteiger partial charge in [0.2, 0.25) is 5.91 Å². The van der Waals surface area contributed by atoms with E-state index in [1.165, 1.54) is 0 Å². The number of aromatic nitrogens is 3. The molecule has 1 aromatic carbocycles. The molecule has 2 saturated heterocycles. The van der Waals surface area contributed by atoms with E-state index in [4.69, 9.17) is 9.72 Å². The zero-order valence-electron chi connectivity index (χ0n) is 18.2. The van der Waals surface area contributed by atoms with Crippen molar-refractivity contribution in [2.24, 2.45) is 0 Å². The highest BCUT2D eigenvalue weighted by molar-refractivity contribution is 5.98. The Morgan fingerprint density at radius 1 is 1.16 bits per heavy atom. The van der Waals surface area contributed by atoms with Gasteiger partial charge in [-0.25, -0.2) is 4.98 Å². The van der Waals surface area contributed by atoms with Crippen molar-refractivity contribution in [1.29, 1.82) is 0 Å². The Labute approximate surface area is 186 Å². The first-order valence-corrected chi connectivity index (χ1v) is 11.2. The van der Waals surface area contributed by atoms with Gasteiger partial charge in [0.05, 0.1) is 24.3 Å². The fourth-order valence-corrected chi connectivity index (χ4v) is 4.87. The van der Waals surface area contributed by atoms with Crippen molar-refractivity contribution in [3.05, 3.63) is 54.1 Å². The first-order chi connectivity index (χ1) is 15.6. The molecule has 2 atom stereocenters. The van der Waals surface area contributed by atoms with Gasteiger partial charge in [0.15, 0.2) is 0 Å². The predicted molar refractivity (Wildman–Crippen MR) is 119 cm³/mol. The van der Waals surface area contributed by atoms with E-state index in [2.05, 4.69) is 9.97 Å². The largest absolute Gasteiger partial charge is 0.497 e. The van der Waals surface area contributed by atoms with Crippen LogP contribution in [0.5, 0.6) is 5.75 Å². The second-order valence-corrected chi connectivity index (χ2v) is 8.53. The normalized spacial score (nSPS) is 21.2. The summed E-state index contributed by atoms with van der Waals surface area (Å²) >= 11 is 0. The number of methoxy groups -OCH3 is 1. The fourth-order valence-electron chi connectivity index (χ4n) is 4.87. The number of likely N-dealkylation sites (tertiary alicyclic amines) is 2. The quantitative estimate of drug-likeness (QED) is 0.683. The van der Waals surface area contributed by atoms with Crippen LogP contribution in [0.1, 0.15) is 47.8 Å². The van der Waals surface area contributed by atoms with E-state index in [1.807, 2.05) is 17.0 Å². The molecule has 1 N–H and O–H groups in total. The van der Waals surface area contributed by atoms with Gasteiger partial charge in [-0.05, 0) is 49.9 Å². The Morgan fingerprint density at radius 2 is 2.03 bits per heavy atom. The number of ether oxygens (including phenoxy) is 1. The predicted octanol–water partition coefficient (Wildman–Crippen LogP) is 2.98. The van der Waals surface area contributed by atoms with Gasteiger partial charge in [-0.3, -0.25) is 14.6 Å². The Bertz CT molecular complexity index is 1110. The number of hydrogen-bond acceptors (Lipinski definition) is 5. The van der Waals surface area contributed by atoms with Crippen LogP contribution in [-0.2, 0) is 4.79 Å². The molecule has 3 aromatic rings. The monoisotopic (exact) mass is 433 g/mol. The van der Waals surface area contributed by atoms with Crippen molar-refractivity contribution >= 4 is 22.8 Å². The molecule has 166 valence electrons. The van der Waals surface area contributed by atoms with E-state index in [-0.39, 0.29) is 17.7 Å². The summed E-state index contributed by atoms with van der Waals surface area (Å²) in [6.07, 6.45) is 6.94. The van der Waals surface area contributed by atoms with E-state index in [1.54, 1.807) is 42.6 Å². The Balaban J connectivity index is 1.31. The molecule has 0 aliphatic carbocycles. The second kappa shape index (κ2) is 8.61. The molecule has 0 spiro atoms. The van der Waals surface area contributed by atoms with Gasteiger partial charge < -0.3 is 19.5 Å². The first-order valence-electron chi connectivity index (χ1n) is 11.2. The number of hydrogen-bond donors (Lipinski definition) is 1. The molecule has 2 aromatic heterocycles. The molecule has 2 aliphatic rings. The highest BCUT2D eigenvalue weighted by Gasteiger charge is 2.38. The van der Waals surface area contributed by atoms with E-state index < -0.39 is 6.04 Å². The summed E-state index contributed by atoms with van der Waals surface area (Å²) in [5.41, 5.74) is 2.36. The van der Waals surface area contributed by atoms with Crippen molar-refractivity contribution in [2.45, 2.75) is 37.6 Å². The number of pyridine rings is 1. The number of amides is 2. The topological polar surface area (TPSA) is 91.4 Å². The lowest BCUT2D eigenvalue weighted by Gasteiger charge is -2.35. The standard InChI is InChI=1S/C24H27N5O3/c1-32-18-7-2-5-16(13-18)23(30)29-12-4-8-21(29)24(31)28-11-3-6-17(15-28)22-26-19-9-10-25-14-20(19)27-22/h2,5,7,9-10,13-14,17,21H,3-4,6,8,11-12,15H2,1H3,(H,26,27)/t17?,21-/m1/s1. The minimum Gasteiger partial charge on any atom is -0.497 e. The lowest BCUT2D eigenvalue weighted by Crippen LogP contribution is -2.50. The molecule has 8 nitrogen and oxygen atoms in total. The molecule has 0 saturated carbocycles. The van der Waals surface area contributed by atoms with Crippen molar-refractivity contribution in [2.75, 3.05) is 26.7 Å². The molecule has 2 amide bonds. The molecule has 4 heterocycles. The van der Waals surface area contributed by atoms with E-state index in [0.29, 0.717) is 30.8 Å². The average Bonchev–Trinajstić information content (AvgIpc) is 3.50. The van der Waals surface area contributed by atoms with Crippen LogP contribution in [0.4, 0.5) is 0 Å². The van der Waals surface area contributed by atoms with Gasteiger partial charge in [-0.2, -0.15) is 0 Å². The Kier molecular flexibility index (Phi) is 5.51. The Hall–Kier alpha value is -3.42. The summed E-state index contributed by atoms with van der Waals surface area (Å²) < 4.78 is 5.25. The van der Waals surface area contributed by atoms with Crippen LogP contribution in [0.25, 0.3) is 11.0 Å². The summed E-state index contributed by atoms with van der Waals surface area (Å²) in [5, 5.41) is 0. The van der Waals surface area contributed by atoms with Crippen molar-refractivity contribution < 1.29 is 14.3 Å². The third kappa shape index (κ3) is 3.81. The van der Waals surface area contributed by atoms with Crippen LogP contribution in [0.2, 0.25) is 0 Å². The summed E-state index contributed by atoms with van der Waals surface area (Å²) in [4.78, 5) is 42.5. The summed E-state index contributed by atoms with van der Waals surface area (Å²) in [6, 6.07) is 8.60. The smallest absolute Gasteiger partial charge is 0.254 e. The van der Waals surface area contributed by atoms with Crippen molar-refractivity contribution in [1.82, 2.24) is 24.8 Å². The zero-order chi connectivity index (χ0) is 22.1. The molecule has 0 radical (unpaired) electrons. The number of H-pyrrole nitrogens is 1. The molecule has 2 fully saturated rings. The number of imidazole rings is 1. The first kappa shape index (κ1) is 20.5. The van der Waals surface area contributed by atoms with Crippen molar-refractivity contribution in [3.63, 3.8) is 0 Å². The summed E-state index contributed by atoms with van der Waals surface area (Å²) in [7, 11) is 1.58. The molecule has 5 rings (SSSR count). The van der Waals surface area contributed by atoms with E-state index >= 15 is 0 Å². The summed E-state index contributed by atoms with van der Waals surface area (Å²) in [6.45, 7) is 1.93. The lowest BCUT2D eigenvalue weighted by molar-refractivity contribution is -0.136. The molecule has 2 aliphatic heterocycles. The van der Waals surface area contributed by atoms with Gasteiger partial charge in [0.25, 0.3) is 5.91 Å². The van der Waals surface area contributed by atoms with Crippen LogP contribution in [-0.4, -0.2) is 69.4 Å². The second-order valence-electron chi connectivity index (χ2n) is 8.53. The van der Waals surface area contributed by atoms with Crippen LogP contribution in [0.15, 0.2) is 42.7 Å². The number of aromatic amines is 1. The number of carbonyl (C=O) groups is 2. The van der Waals surface area contributed by atoms with Gasteiger partial charge in [0.1, 0.15) is 17.6 Å². The van der Waals surface area contributed by atoms with E-state index in [9.17, 15) is 9.59 Å². The van der Waals surface area contributed by atoms with Gasteiger partial charge >= 0.3 is 0 Å². The van der Waals surface area contributed by atoms with Crippen LogP contribution < -0.4 is 4.74 Å². The van der Waals surface area contributed by atoms with Gasteiger partial charge in [0, 0.05) is 37.3 Å². The molecule has 1 unspecified atom stereocenters. The van der Waals surface area contributed by atoms with Crippen LogP contribution in [0.3, 0.4) is 0 Å². The van der Waals surface area contributed by atoms with Gasteiger partial charge in [-0.15, -0.1) is 0 Å². The number of benzene rings is 1. The lowest BCUT2D eigenvalue weighted by atomic mass is 9.96. The third-order valence-electron chi connectivity index (χ3n) is 6.54. The van der Waals surface area contributed by atoms with Crippen molar-refractivity contribution in [3.8, 4) is 5.75 Å². The molecule has 32 heavy (non-hydrogen) atoms. The number of rotatable bonds is 4. The summed E-state index contributed by atoms with van der Waals surface area (Å²) in [5.74, 6) is 1.63. The number of nitrogens with one attached hydrogen (secondary N) is 1. The number of carbonyl (C=O) groups excluding carboxylic acids is 2. The fraction of sp³-hybridized carbons (Fsp3) is 0.417. The van der Waals surface area contributed by atoms with Crippen LogP contribution >= 0.6 is 0 Å². The molecular formula is C24H27N5O3. The number of piperidine rings is 1. The molecule has 0 bridgehead atoms. The Morgan fingerprint density at radius 3 is 2.88 bits per heavy atom. The number of nitrogens with zero attached hydrogens (tertiary/aromatic N) is 4. The van der Waals surface area contributed by atoms with Crippen LogP contribution in [0, 0.1) is 0 Å².